The van der Waals surface area contributed by atoms with E-state index in [2.05, 4.69) is 53.5 Å². The summed E-state index contributed by atoms with van der Waals surface area (Å²) in [5.74, 6) is 1.93. The maximum atomic E-state index is 11.5. The standard InChI is InChI=1S/C23H13BNOS.C11H20O2.Ir/c1-3-10-19-16(7-1)24-17-8-2-4-11-21(17)27-23-15(18-9-5-6-14-25-18)12-13-20(26-19)22(23)24;1-10(2,3)8(12)7-9(13)11(4,5)6;/h1-11,13-14H;7,12H,1-6H3;/q-1;;/b;8-7-;. The molecule has 1 aromatic heterocycles. The Morgan fingerprint density at radius 3 is 2.22 bits per heavy atom. The minimum Gasteiger partial charge on any atom is -0.512 e. The maximum Gasteiger partial charge on any atom is 0.233 e. The number of hydrogen-bond donors (Lipinski definition) is 1. The van der Waals surface area contributed by atoms with Gasteiger partial charge in [0.05, 0.1) is 0 Å². The number of aromatic nitrogens is 1. The van der Waals surface area contributed by atoms with Gasteiger partial charge in [0.25, 0.3) is 0 Å². The smallest absolute Gasteiger partial charge is 0.233 e. The van der Waals surface area contributed by atoms with Gasteiger partial charge in [-0.05, 0) is 34.3 Å². The molecule has 1 N–H and O–H groups in total. The predicted molar refractivity (Wildman–Crippen MR) is 165 cm³/mol. The van der Waals surface area contributed by atoms with Crippen LogP contribution in [0.2, 0.25) is 0 Å². The molecule has 0 amide bonds. The number of hydrogen-bond acceptors (Lipinski definition) is 5. The van der Waals surface area contributed by atoms with Crippen LogP contribution in [-0.2, 0) is 24.9 Å². The molecule has 0 aliphatic carbocycles. The Kier molecular flexibility index (Phi) is 9.03. The number of para-hydroxylation sites is 1. The molecule has 0 bridgehead atoms. The van der Waals surface area contributed by atoms with Crippen LogP contribution < -0.4 is 21.1 Å². The summed E-state index contributed by atoms with van der Waals surface area (Å²) in [4.78, 5) is 18.5. The van der Waals surface area contributed by atoms with Crippen LogP contribution in [0, 0.1) is 16.9 Å². The third-order valence-corrected chi connectivity index (χ3v) is 8.18. The van der Waals surface area contributed by atoms with Crippen LogP contribution in [0.3, 0.4) is 0 Å². The second kappa shape index (κ2) is 12.0. The van der Waals surface area contributed by atoms with Crippen molar-refractivity contribution in [3.63, 3.8) is 0 Å². The number of ketones is 1. The Morgan fingerprint density at radius 1 is 0.902 bits per heavy atom. The number of pyridine rings is 1. The van der Waals surface area contributed by atoms with E-state index >= 15 is 0 Å². The normalized spacial score (nSPS) is 13.3. The van der Waals surface area contributed by atoms with E-state index < -0.39 is 5.41 Å². The zero-order chi connectivity index (χ0) is 28.7. The summed E-state index contributed by atoms with van der Waals surface area (Å²) >= 11 is 1.79. The topological polar surface area (TPSA) is 59.4 Å². The van der Waals surface area contributed by atoms with Crippen LogP contribution in [0.15, 0.2) is 101 Å². The maximum absolute atomic E-state index is 11.5. The van der Waals surface area contributed by atoms with Crippen LogP contribution in [0.1, 0.15) is 41.5 Å². The minimum atomic E-state index is -0.417. The van der Waals surface area contributed by atoms with E-state index in [4.69, 9.17) is 4.74 Å². The summed E-state index contributed by atoms with van der Waals surface area (Å²) in [6.45, 7) is 11.3. The van der Waals surface area contributed by atoms with Gasteiger partial charge in [-0.2, -0.15) is 0 Å². The van der Waals surface area contributed by atoms with E-state index in [0.717, 1.165) is 22.8 Å². The number of allylic oxidation sites excluding steroid dienone is 2. The van der Waals surface area contributed by atoms with Crippen LogP contribution in [0.5, 0.6) is 11.5 Å². The average Bonchev–Trinajstić information content (AvgIpc) is 2.92. The average molecular weight is 739 g/mol. The first-order chi connectivity index (χ1) is 18.9. The first kappa shape index (κ1) is 30.8. The number of fused-ring (bicyclic) bond motifs is 4. The van der Waals surface area contributed by atoms with Crippen molar-refractivity contribution < 1.29 is 34.7 Å². The monoisotopic (exact) mass is 739 g/mol. The quantitative estimate of drug-likeness (QED) is 0.0926. The van der Waals surface area contributed by atoms with Gasteiger partial charge in [0.1, 0.15) is 11.5 Å². The Morgan fingerprint density at radius 2 is 1.56 bits per heavy atom. The van der Waals surface area contributed by atoms with Gasteiger partial charge < -0.3 is 14.8 Å². The van der Waals surface area contributed by atoms with Gasteiger partial charge in [0.2, 0.25) is 6.71 Å². The van der Waals surface area contributed by atoms with Crippen LogP contribution in [-0.4, -0.2) is 22.6 Å². The first-order valence-electron chi connectivity index (χ1n) is 13.4. The Hall–Kier alpha value is -3.12. The molecule has 6 rings (SSSR count). The molecule has 1 radical (unpaired) electrons. The van der Waals surface area contributed by atoms with E-state index in [-0.39, 0.29) is 43.8 Å². The summed E-state index contributed by atoms with van der Waals surface area (Å²) in [6, 6.07) is 28.4. The van der Waals surface area contributed by atoms with E-state index in [9.17, 15) is 9.90 Å². The second-order valence-corrected chi connectivity index (χ2v) is 13.1. The largest absolute Gasteiger partial charge is 0.512 e. The third-order valence-electron chi connectivity index (χ3n) is 6.96. The summed E-state index contributed by atoms with van der Waals surface area (Å²) in [6.07, 6.45) is 3.17. The number of aliphatic hydroxyl groups is 1. The van der Waals surface area contributed by atoms with E-state index in [1.165, 1.54) is 32.3 Å². The van der Waals surface area contributed by atoms with Gasteiger partial charge in [-0.25, -0.2) is 0 Å². The molecule has 0 atom stereocenters. The van der Waals surface area contributed by atoms with Gasteiger partial charge in [0, 0.05) is 49.0 Å². The number of carbonyl (C=O) groups excluding carboxylic acids is 1. The Balaban J connectivity index is 0.000000239. The van der Waals surface area contributed by atoms with E-state index in [1.807, 2.05) is 78.1 Å². The van der Waals surface area contributed by atoms with Crippen molar-refractivity contribution in [3.05, 3.63) is 96.9 Å². The van der Waals surface area contributed by atoms with Crippen molar-refractivity contribution in [2.45, 2.75) is 51.3 Å². The summed E-state index contributed by atoms with van der Waals surface area (Å²) in [7, 11) is 0. The number of rotatable bonds is 2. The molecular weight excluding hydrogens is 705 g/mol. The molecule has 211 valence electrons. The minimum absolute atomic E-state index is 0. The molecule has 0 saturated carbocycles. The fraction of sp³-hybridized carbons (Fsp3) is 0.235. The second-order valence-electron chi connectivity index (χ2n) is 12.1. The summed E-state index contributed by atoms with van der Waals surface area (Å²) in [5.41, 5.74) is 5.01. The van der Waals surface area contributed by atoms with Gasteiger partial charge in [-0.3, -0.25) is 4.79 Å². The number of aliphatic hydroxyl groups excluding tert-OH is 1. The van der Waals surface area contributed by atoms with Crippen molar-refractivity contribution in [2.75, 3.05) is 0 Å². The van der Waals surface area contributed by atoms with Crippen LogP contribution >= 0.6 is 11.8 Å². The predicted octanol–water partition coefficient (Wildman–Crippen LogP) is 6.72. The molecule has 4 nitrogen and oxygen atoms in total. The van der Waals surface area contributed by atoms with E-state index in [1.54, 1.807) is 11.8 Å². The van der Waals surface area contributed by atoms with Gasteiger partial charge >= 0.3 is 0 Å². The Bertz CT molecular complexity index is 1600. The molecular formula is C34H33BIrNO3S-. The SMILES string of the molecule is CC(C)(C)C(=O)/C=C(\O)C(C)(C)C.[Ir].[c-]1cc2c3c(c1-c1ccccn1)Sc1ccccc1B3c1ccccc1O2. The summed E-state index contributed by atoms with van der Waals surface area (Å²) in [5, 5.41) is 9.56. The Labute approximate surface area is 261 Å². The molecule has 2 aliphatic rings. The van der Waals surface area contributed by atoms with Crippen molar-refractivity contribution in [1.29, 1.82) is 0 Å². The fourth-order valence-electron chi connectivity index (χ4n) is 4.58. The molecule has 3 aromatic carbocycles. The third kappa shape index (κ3) is 6.38. The molecule has 2 aliphatic heterocycles. The van der Waals surface area contributed by atoms with E-state index in [0.29, 0.717) is 0 Å². The molecule has 0 spiro atoms. The van der Waals surface area contributed by atoms with Gasteiger partial charge in [0.15, 0.2) is 5.78 Å². The molecule has 41 heavy (non-hydrogen) atoms. The van der Waals surface area contributed by atoms with Crippen LogP contribution in [0.25, 0.3) is 11.3 Å². The molecule has 4 aromatic rings. The fourth-order valence-corrected chi connectivity index (χ4v) is 5.84. The number of carbonyl (C=O) groups is 1. The van der Waals surface area contributed by atoms with Gasteiger partial charge in [-0.15, -0.1) is 29.5 Å². The number of nitrogens with zero attached hydrogens (tertiary/aromatic N) is 1. The zero-order valence-corrected chi connectivity index (χ0v) is 27.3. The molecule has 0 fully saturated rings. The molecule has 3 heterocycles. The van der Waals surface area contributed by atoms with Gasteiger partial charge in [-0.1, -0.05) is 106 Å². The number of benzene rings is 3. The first-order valence-corrected chi connectivity index (χ1v) is 14.3. The van der Waals surface area contributed by atoms with Crippen molar-refractivity contribution >= 4 is 40.6 Å². The van der Waals surface area contributed by atoms with Crippen molar-refractivity contribution in [2.24, 2.45) is 10.8 Å². The summed E-state index contributed by atoms with van der Waals surface area (Å²) < 4.78 is 6.27. The van der Waals surface area contributed by atoms with Crippen molar-refractivity contribution in [1.82, 2.24) is 4.98 Å². The molecule has 0 saturated heterocycles. The molecule has 0 unspecified atom stereocenters. The number of ether oxygens (including phenoxy) is 1. The molecule has 7 heteroatoms. The van der Waals surface area contributed by atoms with Crippen molar-refractivity contribution in [3.8, 4) is 22.8 Å². The van der Waals surface area contributed by atoms with Crippen LogP contribution in [0.4, 0.5) is 0 Å². The zero-order valence-electron chi connectivity index (χ0n) is 24.1.